The van der Waals surface area contributed by atoms with E-state index >= 15 is 0 Å². The third-order valence-electron chi connectivity index (χ3n) is 2.50. The van der Waals surface area contributed by atoms with E-state index in [0.29, 0.717) is 10.7 Å². The maximum atomic E-state index is 12.2. The predicted molar refractivity (Wildman–Crippen MR) is 73.5 cm³/mol. The first-order chi connectivity index (χ1) is 9.95. The van der Waals surface area contributed by atoms with Crippen LogP contribution in [0.2, 0.25) is 0 Å². The minimum atomic E-state index is -2.89. The number of aromatic amines is 1. The van der Waals surface area contributed by atoms with Gasteiger partial charge in [-0.05, 0) is 31.2 Å². The zero-order valence-corrected chi connectivity index (χ0v) is 11.7. The number of Topliss-reactive ketones (excluding diaryl/α,β-unsaturated/α-hetero) is 1. The van der Waals surface area contributed by atoms with Crippen molar-refractivity contribution in [1.82, 2.24) is 15.2 Å². The van der Waals surface area contributed by atoms with E-state index in [1.165, 1.54) is 24.3 Å². The standard InChI is InChI=1S/C12H12F2N4O2S/c1-6(21-12-16-11(15)17-18-12)9(19)7-2-4-8(5-3-7)20-10(13)14/h2-6,10H,1H3,(H3,15,16,17,18)/t6-/m1/s1. The Balaban J connectivity index is 2.01. The zero-order valence-electron chi connectivity index (χ0n) is 10.9. The highest BCUT2D eigenvalue weighted by Gasteiger charge is 2.18. The van der Waals surface area contributed by atoms with Crippen molar-refractivity contribution in [3.63, 3.8) is 0 Å². The molecule has 0 aliphatic rings. The molecule has 6 nitrogen and oxygen atoms in total. The molecule has 0 unspecified atom stereocenters. The summed E-state index contributed by atoms with van der Waals surface area (Å²) in [6.07, 6.45) is 0. The van der Waals surface area contributed by atoms with Crippen molar-refractivity contribution in [2.45, 2.75) is 23.9 Å². The van der Waals surface area contributed by atoms with Gasteiger partial charge in [-0.1, -0.05) is 11.8 Å². The van der Waals surface area contributed by atoms with E-state index in [1.807, 2.05) is 0 Å². The van der Waals surface area contributed by atoms with Crippen molar-refractivity contribution in [1.29, 1.82) is 0 Å². The molecule has 0 radical (unpaired) electrons. The third kappa shape index (κ3) is 4.15. The quantitative estimate of drug-likeness (QED) is 0.628. The van der Waals surface area contributed by atoms with Crippen LogP contribution in [-0.4, -0.2) is 32.8 Å². The maximum absolute atomic E-state index is 12.2. The number of ketones is 1. The SMILES string of the molecule is C[C@@H](Sc1n[nH]c(N)n1)C(=O)c1ccc(OC(F)F)cc1. The molecule has 9 heteroatoms. The van der Waals surface area contributed by atoms with Crippen LogP contribution in [0, 0.1) is 0 Å². The van der Waals surface area contributed by atoms with E-state index in [-0.39, 0.29) is 17.5 Å². The van der Waals surface area contributed by atoms with E-state index in [0.717, 1.165) is 11.8 Å². The van der Waals surface area contributed by atoms with Gasteiger partial charge in [0.1, 0.15) is 5.75 Å². The number of hydrogen-bond donors (Lipinski definition) is 2. The molecule has 0 aliphatic carbocycles. The monoisotopic (exact) mass is 314 g/mol. The van der Waals surface area contributed by atoms with Crippen LogP contribution in [0.15, 0.2) is 29.4 Å². The van der Waals surface area contributed by atoms with E-state index in [1.54, 1.807) is 6.92 Å². The van der Waals surface area contributed by atoms with Gasteiger partial charge in [0.25, 0.3) is 0 Å². The summed E-state index contributed by atoms with van der Waals surface area (Å²) in [6.45, 7) is -1.19. The number of benzene rings is 1. The molecule has 0 saturated carbocycles. The second-order valence-corrected chi connectivity index (χ2v) is 5.34. The first-order valence-corrected chi connectivity index (χ1v) is 6.77. The Morgan fingerprint density at radius 2 is 2.05 bits per heavy atom. The van der Waals surface area contributed by atoms with Gasteiger partial charge in [-0.15, -0.1) is 5.10 Å². The predicted octanol–water partition coefficient (Wildman–Crippen LogP) is 2.35. The largest absolute Gasteiger partial charge is 0.435 e. The lowest BCUT2D eigenvalue weighted by molar-refractivity contribution is -0.0498. The van der Waals surface area contributed by atoms with E-state index in [4.69, 9.17) is 5.73 Å². The van der Waals surface area contributed by atoms with E-state index in [2.05, 4.69) is 19.9 Å². The Labute approximate surface area is 123 Å². The number of anilines is 1. The molecule has 21 heavy (non-hydrogen) atoms. The van der Waals surface area contributed by atoms with Gasteiger partial charge in [0.2, 0.25) is 11.1 Å². The average Bonchev–Trinajstić information content (AvgIpc) is 2.83. The lowest BCUT2D eigenvalue weighted by atomic mass is 10.1. The summed E-state index contributed by atoms with van der Waals surface area (Å²) in [5.41, 5.74) is 5.78. The number of nitrogens with zero attached hydrogens (tertiary/aromatic N) is 2. The molecule has 0 spiro atoms. The molecule has 0 amide bonds. The van der Waals surface area contributed by atoms with Crippen LogP contribution in [0.3, 0.4) is 0 Å². The summed E-state index contributed by atoms with van der Waals surface area (Å²) in [6, 6.07) is 5.51. The van der Waals surface area contributed by atoms with Crippen LogP contribution >= 0.6 is 11.8 Å². The summed E-state index contributed by atoms with van der Waals surface area (Å²) < 4.78 is 28.3. The Morgan fingerprint density at radius 1 is 1.38 bits per heavy atom. The molecule has 0 saturated heterocycles. The molecule has 0 fully saturated rings. The van der Waals surface area contributed by atoms with Crippen LogP contribution < -0.4 is 10.5 Å². The van der Waals surface area contributed by atoms with Gasteiger partial charge in [-0.25, -0.2) is 5.10 Å². The number of halogens is 2. The maximum Gasteiger partial charge on any atom is 0.387 e. The van der Waals surface area contributed by atoms with Gasteiger partial charge in [-0.2, -0.15) is 13.8 Å². The number of thioether (sulfide) groups is 1. The fourth-order valence-corrected chi connectivity index (χ4v) is 2.37. The average molecular weight is 314 g/mol. The van der Waals surface area contributed by atoms with Crippen molar-refractivity contribution >= 4 is 23.5 Å². The van der Waals surface area contributed by atoms with Crippen LogP contribution in [-0.2, 0) is 0 Å². The number of rotatable bonds is 6. The van der Waals surface area contributed by atoms with Crippen molar-refractivity contribution in [2.24, 2.45) is 0 Å². The summed E-state index contributed by atoms with van der Waals surface area (Å²) >= 11 is 1.15. The van der Waals surface area contributed by atoms with Gasteiger partial charge in [0, 0.05) is 5.56 Å². The summed E-state index contributed by atoms with van der Waals surface area (Å²) in [7, 11) is 0. The highest BCUT2D eigenvalue weighted by atomic mass is 32.2. The summed E-state index contributed by atoms with van der Waals surface area (Å²) in [5.74, 6) is 0.00113. The van der Waals surface area contributed by atoms with Crippen molar-refractivity contribution in [3.05, 3.63) is 29.8 Å². The van der Waals surface area contributed by atoms with Crippen LogP contribution in [0.1, 0.15) is 17.3 Å². The second-order valence-electron chi connectivity index (χ2n) is 4.03. The number of nitrogens with one attached hydrogen (secondary N) is 1. The normalized spacial score (nSPS) is 12.4. The minimum absolute atomic E-state index is 0.00333. The van der Waals surface area contributed by atoms with Crippen LogP contribution in [0.25, 0.3) is 0 Å². The Hall–Kier alpha value is -2.16. The molecule has 3 N–H and O–H groups in total. The Kier molecular flexibility index (Phi) is 4.73. The number of ether oxygens (including phenoxy) is 1. The highest BCUT2D eigenvalue weighted by Crippen LogP contribution is 2.24. The van der Waals surface area contributed by atoms with Gasteiger partial charge < -0.3 is 10.5 Å². The lowest BCUT2D eigenvalue weighted by Crippen LogP contribution is -2.13. The van der Waals surface area contributed by atoms with Gasteiger partial charge in [0.05, 0.1) is 5.25 Å². The first kappa shape index (κ1) is 15.2. The van der Waals surface area contributed by atoms with E-state index in [9.17, 15) is 13.6 Å². The molecule has 2 aromatic rings. The Morgan fingerprint density at radius 3 is 2.57 bits per heavy atom. The molecule has 1 aromatic heterocycles. The van der Waals surface area contributed by atoms with Gasteiger partial charge in [-0.3, -0.25) is 4.79 Å². The zero-order chi connectivity index (χ0) is 15.4. The molecule has 1 atom stereocenters. The molecule has 1 heterocycles. The topological polar surface area (TPSA) is 93.9 Å². The Bertz CT molecular complexity index is 618. The van der Waals surface area contributed by atoms with Crippen LogP contribution in [0.4, 0.5) is 14.7 Å². The molecule has 1 aromatic carbocycles. The van der Waals surface area contributed by atoms with Crippen molar-refractivity contribution in [2.75, 3.05) is 5.73 Å². The molecular formula is C12H12F2N4O2S. The lowest BCUT2D eigenvalue weighted by Gasteiger charge is -2.09. The smallest absolute Gasteiger partial charge is 0.387 e. The number of nitrogen functional groups attached to an aromatic ring is 1. The molecule has 0 aliphatic heterocycles. The van der Waals surface area contributed by atoms with Gasteiger partial charge in [0.15, 0.2) is 5.78 Å². The van der Waals surface area contributed by atoms with Crippen molar-refractivity contribution < 1.29 is 18.3 Å². The van der Waals surface area contributed by atoms with E-state index < -0.39 is 11.9 Å². The second kappa shape index (κ2) is 6.53. The third-order valence-corrected chi connectivity index (χ3v) is 3.46. The number of nitrogens with two attached hydrogens (primary N) is 1. The molecular weight excluding hydrogens is 302 g/mol. The number of aromatic nitrogens is 3. The number of hydrogen-bond acceptors (Lipinski definition) is 6. The van der Waals surface area contributed by atoms with Gasteiger partial charge >= 0.3 is 6.61 Å². The fraction of sp³-hybridized carbons (Fsp3) is 0.250. The number of H-pyrrole nitrogens is 1. The minimum Gasteiger partial charge on any atom is -0.435 e. The van der Waals surface area contributed by atoms with Crippen LogP contribution in [0.5, 0.6) is 5.75 Å². The molecule has 0 bridgehead atoms. The number of carbonyl (C=O) groups is 1. The highest BCUT2D eigenvalue weighted by molar-refractivity contribution is 8.00. The fourth-order valence-electron chi connectivity index (χ4n) is 1.56. The first-order valence-electron chi connectivity index (χ1n) is 5.89. The summed E-state index contributed by atoms with van der Waals surface area (Å²) in [5, 5.41) is 6.22. The summed E-state index contributed by atoms with van der Waals surface area (Å²) in [4.78, 5) is 16.1. The molecule has 2 rings (SSSR count). The number of alkyl halides is 2. The number of carbonyl (C=O) groups excluding carboxylic acids is 1. The molecule has 112 valence electrons. The van der Waals surface area contributed by atoms with Crippen molar-refractivity contribution in [3.8, 4) is 5.75 Å².